The topological polar surface area (TPSA) is 131 Å². The number of carbonyl (C=O) groups is 3. The summed E-state index contributed by atoms with van der Waals surface area (Å²) < 4.78 is 5.07. The summed E-state index contributed by atoms with van der Waals surface area (Å²) in [6, 6.07) is 19.6. The van der Waals surface area contributed by atoms with Crippen LogP contribution in [0.1, 0.15) is 22.3 Å². The Bertz CT molecular complexity index is 1420. The van der Waals surface area contributed by atoms with Gasteiger partial charge in [-0.3, -0.25) is 29.4 Å². The molecule has 0 saturated heterocycles. The van der Waals surface area contributed by atoms with Gasteiger partial charge in [0.25, 0.3) is 23.4 Å². The summed E-state index contributed by atoms with van der Waals surface area (Å²) in [7, 11) is 1.57. The maximum absolute atomic E-state index is 13.3. The fourth-order valence-corrected chi connectivity index (χ4v) is 4.72. The van der Waals surface area contributed by atoms with Crippen molar-refractivity contribution in [2.45, 2.75) is 18.2 Å². The molecule has 0 fully saturated rings. The minimum absolute atomic E-state index is 0.101. The Morgan fingerprint density at radius 1 is 0.949 bits per heavy atom. The van der Waals surface area contributed by atoms with Gasteiger partial charge in [0.05, 0.1) is 4.92 Å². The number of nitrogens with zero attached hydrogens (tertiary/aromatic N) is 2. The molecule has 1 aliphatic rings. The molecular weight excluding hydrogens is 520 g/mol. The van der Waals surface area contributed by atoms with Gasteiger partial charge in [-0.2, -0.15) is 0 Å². The highest BCUT2D eigenvalue weighted by atomic mass is 32.2. The zero-order chi connectivity index (χ0) is 27.9. The number of hydrogen-bond donors (Lipinski definition) is 2. The Morgan fingerprint density at radius 2 is 1.59 bits per heavy atom. The van der Waals surface area contributed by atoms with Gasteiger partial charge in [-0.1, -0.05) is 29.5 Å². The molecule has 4 rings (SSSR count). The number of benzene rings is 3. The number of carbonyl (C=O) groups excluding carboxylic acids is 3. The fraction of sp³-hybridized carbons (Fsp3) is 0.179. The van der Waals surface area contributed by atoms with E-state index in [-0.39, 0.29) is 34.3 Å². The molecule has 39 heavy (non-hydrogen) atoms. The van der Waals surface area contributed by atoms with Crippen molar-refractivity contribution in [1.82, 2.24) is 4.90 Å². The molecule has 200 valence electrons. The molecule has 0 aromatic heterocycles. The minimum Gasteiger partial charge on any atom is -0.385 e. The summed E-state index contributed by atoms with van der Waals surface area (Å²) in [5.74, 6) is -1.20. The lowest BCUT2D eigenvalue weighted by molar-refractivity contribution is -0.384. The van der Waals surface area contributed by atoms with Gasteiger partial charge in [-0.15, -0.1) is 0 Å². The molecule has 10 nitrogen and oxygen atoms in total. The second-order valence-electron chi connectivity index (χ2n) is 8.69. The zero-order valence-electron chi connectivity index (χ0n) is 21.3. The number of methoxy groups -OCH3 is 1. The predicted molar refractivity (Wildman–Crippen MR) is 148 cm³/mol. The molecule has 0 unspecified atom stereocenters. The molecule has 1 aliphatic heterocycles. The quantitative estimate of drug-likeness (QED) is 0.149. The van der Waals surface area contributed by atoms with Crippen LogP contribution in [0.15, 0.2) is 88.3 Å². The summed E-state index contributed by atoms with van der Waals surface area (Å²) in [6.45, 7) is 2.62. The Morgan fingerprint density at radius 3 is 2.21 bits per heavy atom. The van der Waals surface area contributed by atoms with E-state index in [0.29, 0.717) is 29.3 Å². The van der Waals surface area contributed by atoms with Gasteiger partial charge < -0.3 is 15.4 Å². The first-order chi connectivity index (χ1) is 18.8. The van der Waals surface area contributed by atoms with Crippen LogP contribution in [0.3, 0.4) is 0 Å². The third-order valence-corrected chi connectivity index (χ3v) is 6.94. The van der Waals surface area contributed by atoms with Gasteiger partial charge in [0.15, 0.2) is 0 Å². The smallest absolute Gasteiger partial charge is 0.278 e. The second-order valence-corrected chi connectivity index (χ2v) is 9.77. The van der Waals surface area contributed by atoms with Gasteiger partial charge in [-0.25, -0.2) is 0 Å². The van der Waals surface area contributed by atoms with Gasteiger partial charge in [-0.05, 0) is 61.9 Å². The molecule has 2 N–H and O–H groups in total. The predicted octanol–water partition coefficient (Wildman–Crippen LogP) is 4.98. The number of nitro groups is 1. The fourth-order valence-electron chi connectivity index (χ4n) is 3.77. The largest absolute Gasteiger partial charge is 0.385 e. The summed E-state index contributed by atoms with van der Waals surface area (Å²) in [4.78, 5) is 51.4. The standard InChI is InChI=1S/C28H26N4O6S/c1-18-4-8-20(9-5-18)29-24-25(28(35)31(27(24)34)16-3-17-38-2)39-23-14-10-21(11-15-23)30-26(33)19-6-12-22(13-7-19)32(36)37/h4-15,29H,3,16-17H2,1-2H3,(H,30,33). The van der Waals surface area contributed by atoms with Crippen LogP contribution < -0.4 is 10.6 Å². The lowest BCUT2D eigenvalue weighted by Gasteiger charge is -2.14. The van der Waals surface area contributed by atoms with Gasteiger partial charge >= 0.3 is 0 Å². The number of nitro benzene ring substituents is 1. The van der Waals surface area contributed by atoms with Crippen LogP contribution in [0.5, 0.6) is 0 Å². The molecule has 3 aromatic rings. The van der Waals surface area contributed by atoms with Crippen molar-refractivity contribution in [3.05, 3.63) is 105 Å². The molecule has 3 amide bonds. The highest BCUT2D eigenvalue weighted by Crippen LogP contribution is 2.36. The summed E-state index contributed by atoms with van der Waals surface area (Å²) in [6.07, 6.45) is 0.521. The Hall–Kier alpha value is -4.48. The van der Waals surface area contributed by atoms with Crippen molar-refractivity contribution < 1.29 is 24.0 Å². The van der Waals surface area contributed by atoms with Crippen LogP contribution in [0.2, 0.25) is 0 Å². The molecule has 11 heteroatoms. The molecule has 0 radical (unpaired) electrons. The van der Waals surface area contributed by atoms with Crippen LogP contribution in [0, 0.1) is 17.0 Å². The number of hydrogen-bond acceptors (Lipinski definition) is 8. The van der Waals surface area contributed by atoms with Gasteiger partial charge in [0.1, 0.15) is 10.6 Å². The van der Waals surface area contributed by atoms with Crippen LogP contribution in [-0.4, -0.2) is 47.8 Å². The highest BCUT2D eigenvalue weighted by molar-refractivity contribution is 8.04. The minimum atomic E-state index is -0.531. The zero-order valence-corrected chi connectivity index (χ0v) is 22.1. The average molecular weight is 547 g/mol. The summed E-state index contributed by atoms with van der Waals surface area (Å²) in [5, 5.41) is 16.7. The second kappa shape index (κ2) is 12.4. The first-order valence-corrected chi connectivity index (χ1v) is 12.9. The maximum Gasteiger partial charge on any atom is 0.278 e. The number of non-ortho nitro benzene ring substituents is 1. The summed E-state index contributed by atoms with van der Waals surface area (Å²) in [5.41, 5.74) is 2.65. The van der Waals surface area contributed by atoms with Crippen LogP contribution in [-0.2, 0) is 14.3 Å². The molecule has 0 spiro atoms. The molecule has 3 aromatic carbocycles. The lowest BCUT2D eigenvalue weighted by atomic mass is 10.2. The van der Waals surface area contributed by atoms with Gasteiger partial charge in [0.2, 0.25) is 0 Å². The van der Waals surface area contributed by atoms with Gasteiger partial charge in [0, 0.05) is 54.2 Å². The van der Waals surface area contributed by atoms with Crippen molar-refractivity contribution >= 4 is 46.5 Å². The molecule has 0 bridgehead atoms. The number of anilines is 2. The Balaban J connectivity index is 1.50. The van der Waals surface area contributed by atoms with E-state index in [4.69, 9.17) is 4.74 Å². The molecule has 0 saturated carbocycles. The maximum atomic E-state index is 13.3. The normalized spacial score (nSPS) is 13.1. The number of rotatable bonds is 11. The number of aryl methyl sites for hydroxylation is 1. The molecule has 0 atom stereocenters. The Kier molecular flexibility index (Phi) is 8.74. The first kappa shape index (κ1) is 27.6. The van der Waals surface area contributed by atoms with Crippen molar-refractivity contribution in [3.8, 4) is 0 Å². The highest BCUT2D eigenvalue weighted by Gasteiger charge is 2.38. The van der Waals surface area contributed by atoms with E-state index in [1.165, 1.54) is 29.2 Å². The third-order valence-electron chi connectivity index (χ3n) is 5.85. The van der Waals surface area contributed by atoms with E-state index in [1.807, 2.05) is 31.2 Å². The van der Waals surface area contributed by atoms with E-state index in [0.717, 1.165) is 17.3 Å². The number of amides is 3. The number of ether oxygens (including phenoxy) is 1. The molecular formula is C28H26N4O6S. The Labute approximate surface area is 229 Å². The SMILES string of the molecule is COCCCN1C(=O)C(Nc2ccc(C)cc2)=C(Sc2ccc(NC(=O)c3ccc([N+](=O)[O-])cc3)cc2)C1=O. The van der Waals surface area contributed by atoms with Crippen molar-refractivity contribution in [2.24, 2.45) is 0 Å². The first-order valence-electron chi connectivity index (χ1n) is 12.0. The van der Waals surface area contributed by atoms with E-state index >= 15 is 0 Å². The third kappa shape index (κ3) is 6.70. The lowest BCUT2D eigenvalue weighted by Crippen LogP contribution is -2.33. The van der Waals surface area contributed by atoms with Crippen LogP contribution in [0.4, 0.5) is 17.1 Å². The van der Waals surface area contributed by atoms with E-state index in [1.54, 1.807) is 31.4 Å². The van der Waals surface area contributed by atoms with Crippen LogP contribution in [0.25, 0.3) is 0 Å². The van der Waals surface area contributed by atoms with Crippen molar-refractivity contribution in [2.75, 3.05) is 30.9 Å². The number of imide groups is 1. The molecule has 0 aliphatic carbocycles. The van der Waals surface area contributed by atoms with E-state index in [2.05, 4.69) is 10.6 Å². The van der Waals surface area contributed by atoms with Crippen molar-refractivity contribution in [1.29, 1.82) is 0 Å². The van der Waals surface area contributed by atoms with Crippen molar-refractivity contribution in [3.63, 3.8) is 0 Å². The molecule has 1 heterocycles. The summed E-state index contributed by atoms with van der Waals surface area (Å²) >= 11 is 1.16. The van der Waals surface area contributed by atoms with Crippen LogP contribution >= 0.6 is 11.8 Å². The average Bonchev–Trinajstić information content (AvgIpc) is 3.14. The number of nitrogens with one attached hydrogen (secondary N) is 2. The van der Waals surface area contributed by atoms with E-state index < -0.39 is 16.7 Å². The number of thioether (sulfide) groups is 1. The monoisotopic (exact) mass is 546 g/mol. The van der Waals surface area contributed by atoms with E-state index in [9.17, 15) is 24.5 Å².